The van der Waals surface area contributed by atoms with Gasteiger partial charge in [-0.05, 0) is 31.0 Å². The van der Waals surface area contributed by atoms with Crippen molar-refractivity contribution < 1.29 is 18.0 Å². The van der Waals surface area contributed by atoms with Crippen LogP contribution in [0.4, 0.5) is 18.9 Å². The smallest absolute Gasteiger partial charge is 0.311 e. The van der Waals surface area contributed by atoms with Crippen LogP contribution in [-0.2, 0) is 11.0 Å². The molecule has 1 unspecified atom stereocenters. The average Bonchev–Trinajstić information content (AvgIpc) is 2.32. The Morgan fingerprint density at radius 1 is 1.32 bits per heavy atom. The number of benzene rings is 1. The lowest BCUT2D eigenvalue weighted by atomic mass is 10.1. The summed E-state index contributed by atoms with van der Waals surface area (Å²) < 4.78 is 39.4. The summed E-state index contributed by atoms with van der Waals surface area (Å²) in [5.74, 6) is -0.320. The van der Waals surface area contributed by atoms with Crippen molar-refractivity contribution in [3.63, 3.8) is 0 Å². The maximum atomic E-state index is 13.0. The van der Waals surface area contributed by atoms with E-state index >= 15 is 0 Å². The normalized spacial score (nSPS) is 20.8. The Kier molecular flexibility index (Phi) is 4.25. The maximum absolute atomic E-state index is 13.0. The van der Waals surface area contributed by atoms with Crippen molar-refractivity contribution in [3.05, 3.63) is 28.2 Å². The summed E-state index contributed by atoms with van der Waals surface area (Å²) >= 11 is 6.23. The first-order valence-corrected chi connectivity index (χ1v) is 7.34. The van der Waals surface area contributed by atoms with E-state index in [2.05, 4.69) is 31.9 Å². The molecule has 1 amide bonds. The third kappa shape index (κ3) is 3.13. The number of rotatable bonds is 1. The van der Waals surface area contributed by atoms with E-state index in [1.54, 1.807) is 0 Å². The molecule has 1 heterocycles. The monoisotopic (exact) mass is 399 g/mol. The molecule has 2 rings (SSSR count). The predicted molar refractivity (Wildman–Crippen MR) is 73.4 cm³/mol. The van der Waals surface area contributed by atoms with Crippen molar-refractivity contribution in [1.82, 2.24) is 0 Å². The van der Waals surface area contributed by atoms with E-state index in [1.165, 1.54) is 17.0 Å². The van der Waals surface area contributed by atoms with Crippen LogP contribution >= 0.6 is 31.9 Å². The minimum Gasteiger partial charge on any atom is -0.311 e. The van der Waals surface area contributed by atoms with Crippen LogP contribution in [0.1, 0.15) is 18.4 Å². The highest BCUT2D eigenvalue weighted by molar-refractivity contribution is 9.10. The number of amides is 1. The third-order valence-corrected chi connectivity index (χ3v) is 4.27. The number of carbonyl (C=O) groups is 1. The molecule has 0 aromatic heterocycles. The first-order valence-electron chi connectivity index (χ1n) is 5.63. The fourth-order valence-corrected chi connectivity index (χ4v) is 2.97. The summed E-state index contributed by atoms with van der Waals surface area (Å²) in [4.78, 5) is 12.8. The Morgan fingerprint density at radius 3 is 2.63 bits per heavy atom. The second-order valence-corrected chi connectivity index (χ2v) is 6.28. The maximum Gasteiger partial charge on any atom is 0.418 e. The lowest BCUT2D eigenvalue weighted by Gasteiger charge is -2.31. The molecule has 0 N–H and O–H groups in total. The largest absolute Gasteiger partial charge is 0.418 e. The summed E-state index contributed by atoms with van der Waals surface area (Å²) in [5.41, 5.74) is -0.873. The van der Waals surface area contributed by atoms with Gasteiger partial charge in [-0.2, -0.15) is 13.2 Å². The van der Waals surface area contributed by atoms with Crippen LogP contribution < -0.4 is 4.90 Å². The molecular weight excluding hydrogens is 391 g/mol. The van der Waals surface area contributed by atoms with Crippen molar-refractivity contribution in [3.8, 4) is 0 Å². The lowest BCUT2D eigenvalue weighted by Crippen LogP contribution is -2.42. The fraction of sp³-hybridized carbons (Fsp3) is 0.417. The standard InChI is InChI=1S/C12H10Br2F3NO/c13-7-3-4-10(8(6-7)12(15,16)17)18-5-1-2-9(14)11(18)19/h3-4,6,9H,1-2,5H2. The zero-order valence-electron chi connectivity index (χ0n) is 9.68. The molecule has 1 saturated heterocycles. The van der Waals surface area contributed by atoms with E-state index in [-0.39, 0.29) is 11.6 Å². The van der Waals surface area contributed by atoms with Crippen LogP contribution in [0.3, 0.4) is 0 Å². The zero-order valence-corrected chi connectivity index (χ0v) is 12.8. The van der Waals surface area contributed by atoms with Crippen molar-refractivity contribution >= 4 is 43.5 Å². The molecule has 104 valence electrons. The van der Waals surface area contributed by atoms with Crippen LogP contribution in [-0.4, -0.2) is 17.3 Å². The van der Waals surface area contributed by atoms with Crippen molar-refractivity contribution in [1.29, 1.82) is 0 Å². The van der Waals surface area contributed by atoms with Gasteiger partial charge in [0.25, 0.3) is 0 Å². The van der Waals surface area contributed by atoms with Gasteiger partial charge in [-0.25, -0.2) is 0 Å². The summed E-state index contributed by atoms with van der Waals surface area (Å²) in [6, 6.07) is 3.84. The molecule has 1 aromatic rings. The van der Waals surface area contributed by atoms with Crippen molar-refractivity contribution in [2.75, 3.05) is 11.4 Å². The molecule has 0 spiro atoms. The van der Waals surface area contributed by atoms with E-state index in [0.717, 1.165) is 6.07 Å². The third-order valence-electron chi connectivity index (χ3n) is 2.93. The van der Waals surface area contributed by atoms with Gasteiger partial charge in [0.05, 0.1) is 16.1 Å². The molecule has 0 bridgehead atoms. The van der Waals surface area contributed by atoms with Gasteiger partial charge in [0, 0.05) is 11.0 Å². The molecule has 1 aliphatic rings. The van der Waals surface area contributed by atoms with Gasteiger partial charge in [-0.1, -0.05) is 31.9 Å². The van der Waals surface area contributed by atoms with Crippen LogP contribution in [0.25, 0.3) is 0 Å². The molecule has 0 radical (unpaired) electrons. The molecular formula is C12H10Br2F3NO. The van der Waals surface area contributed by atoms with Gasteiger partial charge in [0.15, 0.2) is 0 Å². The molecule has 2 nitrogen and oxygen atoms in total. The predicted octanol–water partition coefficient (Wildman–Crippen LogP) is 4.36. The lowest BCUT2D eigenvalue weighted by molar-refractivity contribution is -0.137. The molecule has 0 saturated carbocycles. The summed E-state index contributed by atoms with van der Waals surface area (Å²) in [6.07, 6.45) is -3.17. The van der Waals surface area contributed by atoms with E-state index in [0.29, 0.717) is 23.9 Å². The minimum atomic E-state index is -4.49. The highest BCUT2D eigenvalue weighted by Gasteiger charge is 2.38. The Bertz CT molecular complexity index is 504. The number of carbonyl (C=O) groups excluding carboxylic acids is 1. The highest BCUT2D eigenvalue weighted by Crippen LogP contribution is 2.39. The van der Waals surface area contributed by atoms with Crippen LogP contribution in [0, 0.1) is 0 Å². The zero-order chi connectivity index (χ0) is 14.2. The van der Waals surface area contributed by atoms with E-state index < -0.39 is 16.6 Å². The minimum absolute atomic E-state index is 0.0788. The molecule has 1 atom stereocenters. The van der Waals surface area contributed by atoms with Gasteiger partial charge in [-0.15, -0.1) is 0 Å². The number of anilines is 1. The SMILES string of the molecule is O=C1C(Br)CCCN1c1ccc(Br)cc1C(F)(F)F. The van der Waals surface area contributed by atoms with Gasteiger partial charge >= 0.3 is 6.18 Å². The van der Waals surface area contributed by atoms with E-state index in [1.807, 2.05) is 0 Å². The number of hydrogen-bond acceptors (Lipinski definition) is 1. The number of hydrogen-bond donors (Lipinski definition) is 0. The Balaban J connectivity index is 2.47. The first kappa shape index (κ1) is 14.8. The Morgan fingerprint density at radius 2 is 2.00 bits per heavy atom. The number of alkyl halides is 4. The van der Waals surface area contributed by atoms with Crippen molar-refractivity contribution in [2.45, 2.75) is 23.8 Å². The molecule has 1 aliphatic heterocycles. The number of piperidine rings is 1. The summed E-state index contributed by atoms with van der Waals surface area (Å²) in [7, 11) is 0. The van der Waals surface area contributed by atoms with Crippen LogP contribution in [0.2, 0.25) is 0 Å². The molecule has 0 aliphatic carbocycles. The van der Waals surface area contributed by atoms with E-state index in [4.69, 9.17) is 0 Å². The average molecular weight is 401 g/mol. The van der Waals surface area contributed by atoms with Gasteiger partial charge in [-0.3, -0.25) is 4.79 Å². The Hall–Kier alpha value is -0.560. The molecule has 7 heteroatoms. The van der Waals surface area contributed by atoms with E-state index in [9.17, 15) is 18.0 Å². The highest BCUT2D eigenvalue weighted by atomic mass is 79.9. The Labute approximate surface area is 125 Å². The topological polar surface area (TPSA) is 20.3 Å². The summed E-state index contributed by atoms with van der Waals surface area (Å²) in [6.45, 7) is 0.311. The first-order chi connectivity index (χ1) is 8.80. The van der Waals surface area contributed by atoms with Crippen molar-refractivity contribution in [2.24, 2.45) is 0 Å². The van der Waals surface area contributed by atoms with Gasteiger partial charge in [0.2, 0.25) is 5.91 Å². The quantitative estimate of drug-likeness (QED) is 0.641. The molecule has 1 aromatic carbocycles. The number of nitrogens with zero attached hydrogens (tertiary/aromatic N) is 1. The van der Waals surface area contributed by atoms with Crippen LogP contribution in [0.5, 0.6) is 0 Å². The number of halogens is 5. The summed E-state index contributed by atoms with van der Waals surface area (Å²) in [5, 5.41) is 0. The fourth-order valence-electron chi connectivity index (χ4n) is 2.04. The molecule has 19 heavy (non-hydrogen) atoms. The second-order valence-electron chi connectivity index (χ2n) is 4.26. The van der Waals surface area contributed by atoms with Crippen LogP contribution in [0.15, 0.2) is 22.7 Å². The van der Waals surface area contributed by atoms with Gasteiger partial charge < -0.3 is 4.90 Å². The second kappa shape index (κ2) is 5.44. The molecule has 1 fully saturated rings. The van der Waals surface area contributed by atoms with Gasteiger partial charge in [0.1, 0.15) is 0 Å².